The molecule has 5 heteroatoms. The van der Waals surface area contributed by atoms with Gasteiger partial charge in [0, 0.05) is 19.8 Å². The number of amides is 1. The van der Waals surface area contributed by atoms with E-state index in [0.29, 0.717) is 16.4 Å². The van der Waals surface area contributed by atoms with Crippen LogP contribution in [0.15, 0.2) is 12.3 Å². The molecular formula is C9H12ClN3O. The van der Waals surface area contributed by atoms with Gasteiger partial charge in [-0.3, -0.25) is 4.79 Å². The molecule has 0 aliphatic heterocycles. The lowest BCUT2D eigenvalue weighted by Crippen LogP contribution is -2.20. The maximum Gasteiger partial charge on any atom is 0.254 e. The number of carbonyl (C=O) groups excluding carboxylic acids is 1. The number of hydrogen-bond acceptors (Lipinski definition) is 3. The van der Waals surface area contributed by atoms with Gasteiger partial charge in [-0.05, 0) is 13.0 Å². The number of pyridine rings is 1. The average molecular weight is 214 g/mol. The van der Waals surface area contributed by atoms with Crippen molar-refractivity contribution in [1.82, 2.24) is 10.3 Å². The Bertz CT molecular complexity index is 341. The summed E-state index contributed by atoms with van der Waals surface area (Å²) in [6, 6.07) is 1.63. The lowest BCUT2D eigenvalue weighted by molar-refractivity contribution is 0.0963. The molecule has 14 heavy (non-hydrogen) atoms. The number of carbonyl (C=O) groups is 1. The summed E-state index contributed by atoms with van der Waals surface area (Å²) in [6.45, 7) is 2.67. The second-order valence-corrected chi connectivity index (χ2v) is 3.05. The molecule has 0 aromatic carbocycles. The lowest BCUT2D eigenvalue weighted by Gasteiger charge is -2.08. The fourth-order valence-electron chi connectivity index (χ4n) is 1.08. The Labute approximate surface area is 87.7 Å². The molecular weight excluding hydrogens is 202 g/mol. The third-order valence-corrected chi connectivity index (χ3v) is 1.92. The molecule has 76 valence electrons. The largest absolute Gasteiger partial charge is 0.385 e. The van der Waals surface area contributed by atoms with Crippen LogP contribution in [-0.2, 0) is 0 Å². The summed E-state index contributed by atoms with van der Waals surface area (Å²) in [4.78, 5) is 15.2. The minimum atomic E-state index is -0.176. The van der Waals surface area contributed by atoms with Crippen LogP contribution in [-0.4, -0.2) is 24.5 Å². The maximum atomic E-state index is 11.4. The van der Waals surface area contributed by atoms with Gasteiger partial charge in [-0.15, -0.1) is 0 Å². The summed E-state index contributed by atoms with van der Waals surface area (Å²) >= 11 is 5.72. The molecule has 0 unspecified atom stereocenters. The Hall–Kier alpha value is -1.29. The van der Waals surface area contributed by atoms with Crippen molar-refractivity contribution in [2.45, 2.75) is 6.92 Å². The summed E-state index contributed by atoms with van der Waals surface area (Å²) in [5.41, 5.74) is 1.20. The summed E-state index contributed by atoms with van der Waals surface area (Å²) < 4.78 is 0. The normalized spacial score (nSPS) is 9.64. The fraction of sp³-hybridized carbons (Fsp3) is 0.333. The topological polar surface area (TPSA) is 54.0 Å². The predicted octanol–water partition coefficient (Wildman–Crippen LogP) is 1.53. The monoisotopic (exact) mass is 213 g/mol. The Morgan fingerprint density at radius 2 is 2.36 bits per heavy atom. The van der Waals surface area contributed by atoms with Crippen molar-refractivity contribution < 1.29 is 4.79 Å². The first-order valence-corrected chi connectivity index (χ1v) is 4.68. The van der Waals surface area contributed by atoms with E-state index in [1.807, 2.05) is 6.92 Å². The number of nitrogens with zero attached hydrogens (tertiary/aromatic N) is 1. The summed E-state index contributed by atoms with van der Waals surface area (Å²) in [5.74, 6) is -0.176. The third-order valence-electron chi connectivity index (χ3n) is 1.71. The molecule has 0 atom stereocenters. The molecule has 2 N–H and O–H groups in total. The second-order valence-electron chi connectivity index (χ2n) is 2.66. The fourth-order valence-corrected chi connectivity index (χ4v) is 1.24. The van der Waals surface area contributed by atoms with Gasteiger partial charge in [0.1, 0.15) is 5.15 Å². The average Bonchev–Trinajstić information content (AvgIpc) is 2.17. The number of anilines is 1. The van der Waals surface area contributed by atoms with Gasteiger partial charge < -0.3 is 10.6 Å². The first-order valence-electron chi connectivity index (χ1n) is 4.30. The van der Waals surface area contributed by atoms with Gasteiger partial charge in [0.2, 0.25) is 0 Å². The van der Waals surface area contributed by atoms with E-state index in [2.05, 4.69) is 15.6 Å². The molecule has 1 amide bonds. The molecule has 4 nitrogen and oxygen atoms in total. The van der Waals surface area contributed by atoms with Crippen LogP contribution in [0.3, 0.4) is 0 Å². The summed E-state index contributed by atoms with van der Waals surface area (Å²) in [7, 11) is 1.58. The highest BCUT2D eigenvalue weighted by atomic mass is 35.5. The van der Waals surface area contributed by atoms with Crippen LogP contribution in [0.4, 0.5) is 5.69 Å². The zero-order valence-electron chi connectivity index (χ0n) is 8.10. The van der Waals surface area contributed by atoms with E-state index >= 15 is 0 Å². The highest BCUT2D eigenvalue weighted by Gasteiger charge is 2.10. The lowest BCUT2D eigenvalue weighted by atomic mass is 10.2. The van der Waals surface area contributed by atoms with Crippen LogP contribution in [0.5, 0.6) is 0 Å². The van der Waals surface area contributed by atoms with Crippen molar-refractivity contribution in [2.24, 2.45) is 0 Å². The van der Waals surface area contributed by atoms with Crippen LogP contribution in [0.2, 0.25) is 5.15 Å². The SMILES string of the molecule is CCNc1cc(Cl)ncc1C(=O)NC. The highest BCUT2D eigenvalue weighted by Crippen LogP contribution is 2.18. The standard InChI is InChI=1S/C9H12ClN3O/c1-3-12-7-4-8(10)13-5-6(7)9(14)11-2/h4-5H,3H2,1-2H3,(H,11,14)(H,12,13). The van der Waals surface area contributed by atoms with Gasteiger partial charge in [-0.25, -0.2) is 4.98 Å². The second kappa shape index (κ2) is 4.81. The van der Waals surface area contributed by atoms with E-state index in [1.54, 1.807) is 13.1 Å². The number of aromatic nitrogens is 1. The van der Waals surface area contributed by atoms with Crippen molar-refractivity contribution in [1.29, 1.82) is 0 Å². The molecule has 1 aromatic heterocycles. The first kappa shape index (κ1) is 10.8. The summed E-state index contributed by atoms with van der Waals surface area (Å²) in [6.07, 6.45) is 1.46. The molecule has 1 heterocycles. The van der Waals surface area contributed by atoms with Crippen molar-refractivity contribution in [3.8, 4) is 0 Å². The molecule has 0 aliphatic carbocycles. The van der Waals surface area contributed by atoms with Crippen molar-refractivity contribution >= 4 is 23.2 Å². The maximum absolute atomic E-state index is 11.4. The molecule has 0 saturated carbocycles. The molecule has 0 spiro atoms. The number of nitrogens with one attached hydrogen (secondary N) is 2. The third kappa shape index (κ3) is 2.35. The molecule has 1 rings (SSSR count). The minimum absolute atomic E-state index is 0.176. The number of halogens is 1. The van der Waals surface area contributed by atoms with E-state index in [0.717, 1.165) is 6.54 Å². The van der Waals surface area contributed by atoms with Crippen LogP contribution in [0, 0.1) is 0 Å². The Kier molecular flexibility index (Phi) is 3.71. The molecule has 0 saturated heterocycles. The van der Waals surface area contributed by atoms with Crippen molar-refractivity contribution in [2.75, 3.05) is 18.9 Å². The van der Waals surface area contributed by atoms with Gasteiger partial charge in [0.15, 0.2) is 0 Å². The van der Waals surface area contributed by atoms with E-state index in [9.17, 15) is 4.79 Å². The highest BCUT2D eigenvalue weighted by molar-refractivity contribution is 6.29. The first-order chi connectivity index (χ1) is 6.69. The van der Waals surface area contributed by atoms with Crippen LogP contribution in [0.25, 0.3) is 0 Å². The van der Waals surface area contributed by atoms with E-state index in [-0.39, 0.29) is 5.91 Å². The number of rotatable bonds is 3. The zero-order chi connectivity index (χ0) is 10.6. The summed E-state index contributed by atoms with van der Waals surface area (Å²) in [5, 5.41) is 5.95. The van der Waals surface area contributed by atoms with E-state index < -0.39 is 0 Å². The van der Waals surface area contributed by atoms with Gasteiger partial charge in [-0.1, -0.05) is 11.6 Å². The Morgan fingerprint density at radius 3 is 2.93 bits per heavy atom. The molecule has 0 aliphatic rings. The molecule has 0 bridgehead atoms. The van der Waals surface area contributed by atoms with E-state index in [4.69, 9.17) is 11.6 Å². The molecule has 1 aromatic rings. The van der Waals surface area contributed by atoms with E-state index in [1.165, 1.54) is 6.20 Å². The smallest absolute Gasteiger partial charge is 0.254 e. The van der Waals surface area contributed by atoms with Gasteiger partial charge >= 0.3 is 0 Å². The van der Waals surface area contributed by atoms with Crippen LogP contribution >= 0.6 is 11.6 Å². The quantitative estimate of drug-likeness (QED) is 0.749. The minimum Gasteiger partial charge on any atom is -0.385 e. The Morgan fingerprint density at radius 1 is 1.64 bits per heavy atom. The molecule has 0 fully saturated rings. The molecule has 0 radical (unpaired) electrons. The van der Waals surface area contributed by atoms with Crippen LogP contribution < -0.4 is 10.6 Å². The predicted molar refractivity (Wildman–Crippen MR) is 56.8 cm³/mol. The van der Waals surface area contributed by atoms with Gasteiger partial charge in [0.25, 0.3) is 5.91 Å². The van der Waals surface area contributed by atoms with Gasteiger partial charge in [-0.2, -0.15) is 0 Å². The van der Waals surface area contributed by atoms with Gasteiger partial charge in [0.05, 0.1) is 11.3 Å². The Balaban J connectivity index is 3.07. The zero-order valence-corrected chi connectivity index (χ0v) is 8.85. The van der Waals surface area contributed by atoms with Crippen molar-refractivity contribution in [3.05, 3.63) is 23.0 Å². The van der Waals surface area contributed by atoms with Crippen LogP contribution in [0.1, 0.15) is 17.3 Å². The number of hydrogen-bond donors (Lipinski definition) is 2. The van der Waals surface area contributed by atoms with Crippen molar-refractivity contribution in [3.63, 3.8) is 0 Å².